The Hall–Kier alpha value is -1.34. The largest absolute Gasteiger partial charge is 0.463 e. The van der Waals surface area contributed by atoms with Crippen molar-refractivity contribution in [2.24, 2.45) is 51.8 Å². The summed E-state index contributed by atoms with van der Waals surface area (Å²) in [6, 6.07) is 0. The van der Waals surface area contributed by atoms with Crippen LogP contribution in [0.3, 0.4) is 0 Å². The molecule has 0 aromatic rings. The first-order valence-corrected chi connectivity index (χ1v) is 16.7. The molecular formula is C34H59NO6. The van der Waals surface area contributed by atoms with E-state index in [0.717, 1.165) is 61.7 Å². The topological polar surface area (TPSA) is 83.1 Å². The average Bonchev–Trinajstić information content (AvgIpc) is 3.30. The molecule has 1 N–H and O–H groups in total. The molecule has 4 aliphatic rings. The van der Waals surface area contributed by atoms with Crippen molar-refractivity contribution in [1.29, 1.82) is 0 Å². The van der Waals surface area contributed by atoms with Crippen molar-refractivity contribution < 1.29 is 28.8 Å². The van der Waals surface area contributed by atoms with Crippen LogP contribution in [0.2, 0.25) is 0 Å². The van der Waals surface area contributed by atoms with Crippen molar-refractivity contribution in [2.45, 2.75) is 125 Å². The summed E-state index contributed by atoms with van der Waals surface area (Å²) < 4.78 is 11.2. The summed E-state index contributed by atoms with van der Waals surface area (Å²) in [5.41, 5.74) is 0.343. The van der Waals surface area contributed by atoms with Gasteiger partial charge in [-0.1, -0.05) is 27.7 Å². The molecular weight excluding hydrogens is 518 g/mol. The van der Waals surface area contributed by atoms with Gasteiger partial charge in [-0.05, 0) is 137 Å². The van der Waals surface area contributed by atoms with Gasteiger partial charge >= 0.3 is 12.1 Å². The van der Waals surface area contributed by atoms with Crippen molar-refractivity contribution in [2.75, 3.05) is 26.9 Å². The molecule has 0 spiro atoms. The van der Waals surface area contributed by atoms with Gasteiger partial charge in [0.05, 0.1) is 25.7 Å². The van der Waals surface area contributed by atoms with Crippen LogP contribution in [0.25, 0.3) is 0 Å². The van der Waals surface area contributed by atoms with Gasteiger partial charge in [-0.25, -0.2) is 14.6 Å². The Morgan fingerprint density at radius 2 is 1.71 bits per heavy atom. The van der Waals surface area contributed by atoms with E-state index in [1.807, 2.05) is 20.8 Å². The van der Waals surface area contributed by atoms with Gasteiger partial charge in [0.15, 0.2) is 0 Å². The molecule has 236 valence electrons. The molecule has 4 rings (SSSR count). The lowest BCUT2D eigenvalue weighted by atomic mass is 9.44. The van der Waals surface area contributed by atoms with Crippen molar-refractivity contribution in [3.8, 4) is 0 Å². The molecule has 0 radical (unpaired) electrons. The molecule has 9 unspecified atom stereocenters. The fraction of sp³-hybridized carbons (Fsp3) is 0.941. The Morgan fingerprint density at radius 1 is 0.976 bits per heavy atom. The molecule has 0 saturated heterocycles. The zero-order valence-corrected chi connectivity index (χ0v) is 27.1. The molecule has 0 heterocycles. The predicted molar refractivity (Wildman–Crippen MR) is 160 cm³/mol. The number of hydrogen-bond acceptors (Lipinski definition) is 6. The zero-order chi connectivity index (χ0) is 29.8. The summed E-state index contributed by atoms with van der Waals surface area (Å²) in [6.45, 7) is 14.6. The van der Waals surface area contributed by atoms with E-state index in [1.165, 1.54) is 44.9 Å². The third kappa shape index (κ3) is 6.92. The number of rotatable bonds is 12. The highest BCUT2D eigenvalue weighted by Gasteiger charge is 2.60. The molecule has 4 fully saturated rings. The number of nitrogens with one attached hydrogen (secondary N) is 1. The fourth-order valence-electron chi connectivity index (χ4n) is 9.88. The summed E-state index contributed by atoms with van der Waals surface area (Å²) >= 11 is 0. The number of esters is 1. The lowest BCUT2D eigenvalue weighted by Crippen LogP contribution is -2.54. The molecule has 0 bridgehead atoms. The second kappa shape index (κ2) is 13.5. The van der Waals surface area contributed by atoms with E-state index in [4.69, 9.17) is 19.2 Å². The Labute approximate surface area is 249 Å². The van der Waals surface area contributed by atoms with E-state index < -0.39 is 5.41 Å². The minimum atomic E-state index is -0.497. The van der Waals surface area contributed by atoms with E-state index in [2.05, 4.69) is 26.1 Å². The quantitative estimate of drug-likeness (QED) is 0.111. The van der Waals surface area contributed by atoms with Crippen LogP contribution in [0.1, 0.15) is 119 Å². The van der Waals surface area contributed by atoms with E-state index >= 15 is 0 Å². The van der Waals surface area contributed by atoms with Crippen LogP contribution in [0, 0.1) is 51.8 Å². The summed E-state index contributed by atoms with van der Waals surface area (Å²) in [4.78, 5) is 34.6. The van der Waals surface area contributed by atoms with Crippen molar-refractivity contribution in [1.82, 2.24) is 5.32 Å². The Morgan fingerprint density at radius 3 is 2.44 bits per heavy atom. The van der Waals surface area contributed by atoms with Crippen molar-refractivity contribution in [3.63, 3.8) is 0 Å². The first kappa shape index (κ1) is 32.6. The lowest BCUT2D eigenvalue weighted by Gasteiger charge is -2.61. The Balaban J connectivity index is 1.26. The normalized spacial score (nSPS) is 37.3. The van der Waals surface area contributed by atoms with Crippen molar-refractivity contribution >= 4 is 12.1 Å². The van der Waals surface area contributed by atoms with Crippen LogP contribution in [-0.4, -0.2) is 45.0 Å². The Bertz CT molecular complexity index is 892. The maximum atomic E-state index is 12.5. The van der Waals surface area contributed by atoms with Gasteiger partial charge in [-0.3, -0.25) is 4.79 Å². The Kier molecular flexibility index (Phi) is 10.7. The monoisotopic (exact) mass is 577 g/mol. The molecule has 0 aromatic carbocycles. The molecule has 0 aliphatic heterocycles. The molecule has 7 heteroatoms. The minimum Gasteiger partial charge on any atom is -0.463 e. The number of fused-ring (bicyclic) bond motifs is 5. The van der Waals surface area contributed by atoms with Gasteiger partial charge in [0.25, 0.3) is 0 Å². The average molecular weight is 578 g/mol. The van der Waals surface area contributed by atoms with Crippen LogP contribution in [-0.2, 0) is 24.0 Å². The second-order valence-electron chi connectivity index (χ2n) is 15.1. The van der Waals surface area contributed by atoms with Gasteiger partial charge in [0.2, 0.25) is 0 Å². The lowest BCUT2D eigenvalue weighted by molar-refractivity contribution is -0.273. The summed E-state index contributed by atoms with van der Waals surface area (Å²) in [5, 5.41) is 2.79. The summed E-state index contributed by atoms with van der Waals surface area (Å²) in [7, 11) is 1.59. The van der Waals surface area contributed by atoms with Gasteiger partial charge in [-0.15, -0.1) is 0 Å². The number of carbonyl (C=O) groups is 2. The van der Waals surface area contributed by atoms with E-state index in [1.54, 1.807) is 7.11 Å². The number of alkyl carbamates (subject to hydrolysis) is 1. The van der Waals surface area contributed by atoms with Gasteiger partial charge in [-0.2, -0.15) is 0 Å². The molecule has 0 aromatic heterocycles. The van der Waals surface area contributed by atoms with Gasteiger partial charge in [0.1, 0.15) is 12.7 Å². The standard InChI is InChI=1S/C34H59NO6/c1-8-32(3,4)30(36)39-21-19-35-31(37)41-25-15-17-33(5)24(22-25)11-12-26-28-14-13-27(23(2)10-9-20-40-38-7)34(28,6)18-16-29(26)33/h23-29H,8-22H2,1-7H3,(H,35,37). The highest BCUT2D eigenvalue weighted by atomic mass is 17.2. The molecule has 9 atom stereocenters. The third-order valence-electron chi connectivity index (χ3n) is 12.7. The highest BCUT2D eigenvalue weighted by molar-refractivity contribution is 5.75. The fourth-order valence-corrected chi connectivity index (χ4v) is 9.88. The molecule has 7 nitrogen and oxygen atoms in total. The van der Waals surface area contributed by atoms with E-state index in [0.29, 0.717) is 23.4 Å². The first-order chi connectivity index (χ1) is 19.5. The third-order valence-corrected chi connectivity index (χ3v) is 12.7. The van der Waals surface area contributed by atoms with Gasteiger partial charge in [0, 0.05) is 0 Å². The molecule has 41 heavy (non-hydrogen) atoms. The number of ether oxygens (including phenoxy) is 2. The van der Waals surface area contributed by atoms with Crippen LogP contribution in [0.5, 0.6) is 0 Å². The van der Waals surface area contributed by atoms with E-state index in [-0.39, 0.29) is 31.3 Å². The van der Waals surface area contributed by atoms with Crippen LogP contribution < -0.4 is 5.32 Å². The number of amides is 1. The van der Waals surface area contributed by atoms with E-state index in [9.17, 15) is 9.59 Å². The van der Waals surface area contributed by atoms with Crippen LogP contribution in [0.4, 0.5) is 4.79 Å². The van der Waals surface area contributed by atoms with Crippen LogP contribution in [0.15, 0.2) is 0 Å². The zero-order valence-electron chi connectivity index (χ0n) is 27.1. The molecule has 1 amide bonds. The second-order valence-corrected chi connectivity index (χ2v) is 15.1. The SMILES string of the molecule is CCC(C)(C)C(=O)OCCNC(=O)OC1CCC2(C)C(CCC3C2CCC2(C)C(C(C)CCCOOC)CCC32)C1. The summed E-state index contributed by atoms with van der Waals surface area (Å²) in [6.07, 6.45) is 13.8. The smallest absolute Gasteiger partial charge is 0.407 e. The summed E-state index contributed by atoms with van der Waals surface area (Å²) in [5.74, 6) is 4.49. The van der Waals surface area contributed by atoms with Crippen LogP contribution >= 0.6 is 0 Å². The predicted octanol–water partition coefficient (Wildman–Crippen LogP) is 7.71. The molecule has 4 saturated carbocycles. The maximum Gasteiger partial charge on any atom is 0.407 e. The molecule has 4 aliphatic carbocycles. The number of hydrogen-bond donors (Lipinski definition) is 1. The minimum absolute atomic E-state index is 0.0149. The highest BCUT2D eigenvalue weighted by Crippen LogP contribution is 2.68. The van der Waals surface area contributed by atoms with Crippen molar-refractivity contribution in [3.05, 3.63) is 0 Å². The number of carbonyl (C=O) groups excluding carboxylic acids is 2. The maximum absolute atomic E-state index is 12.5. The first-order valence-electron chi connectivity index (χ1n) is 16.7. The van der Waals surface area contributed by atoms with Gasteiger partial charge < -0.3 is 14.8 Å².